The summed E-state index contributed by atoms with van der Waals surface area (Å²) < 4.78 is 33.6. The molecule has 1 aliphatic heterocycles. The summed E-state index contributed by atoms with van der Waals surface area (Å²) >= 11 is 2.61. The summed E-state index contributed by atoms with van der Waals surface area (Å²) in [5, 5.41) is 0.365. The van der Waals surface area contributed by atoms with Gasteiger partial charge < -0.3 is 4.74 Å². The molecule has 0 N–H and O–H groups in total. The molecule has 3 aromatic rings. The molecule has 1 saturated heterocycles. The third-order valence-electron chi connectivity index (χ3n) is 4.96. The van der Waals surface area contributed by atoms with Gasteiger partial charge in [-0.05, 0) is 24.5 Å². The van der Waals surface area contributed by atoms with Gasteiger partial charge in [0.15, 0.2) is 10.9 Å². The molecule has 0 aliphatic carbocycles. The van der Waals surface area contributed by atoms with E-state index in [1.165, 1.54) is 17.8 Å². The van der Waals surface area contributed by atoms with Crippen LogP contribution in [0.4, 0.5) is 13.9 Å². The molecule has 0 spiro atoms. The van der Waals surface area contributed by atoms with Gasteiger partial charge in [-0.25, -0.2) is 13.8 Å². The largest absolute Gasteiger partial charge is 0.379 e. The number of thiazole rings is 1. The summed E-state index contributed by atoms with van der Waals surface area (Å²) in [4.78, 5) is 22.5. The van der Waals surface area contributed by atoms with E-state index < -0.39 is 11.6 Å². The summed E-state index contributed by atoms with van der Waals surface area (Å²) in [6.45, 7) is 3.95. The summed E-state index contributed by atoms with van der Waals surface area (Å²) in [7, 11) is 0. The van der Waals surface area contributed by atoms with Crippen LogP contribution in [0.2, 0.25) is 0 Å². The molecule has 1 fully saturated rings. The fourth-order valence-electron chi connectivity index (χ4n) is 3.38. The summed E-state index contributed by atoms with van der Waals surface area (Å²) in [6, 6.07) is 9.45. The van der Waals surface area contributed by atoms with E-state index in [4.69, 9.17) is 4.74 Å². The topological polar surface area (TPSA) is 45.7 Å². The maximum absolute atomic E-state index is 14.2. The smallest absolute Gasteiger partial charge is 0.261 e. The van der Waals surface area contributed by atoms with Crippen LogP contribution in [-0.4, -0.2) is 61.4 Å². The lowest BCUT2D eigenvalue weighted by molar-refractivity contribution is 0.0391. The Balaban J connectivity index is 0.00000272. The molecular weight excluding hydrogens is 464 g/mol. The lowest BCUT2D eigenvalue weighted by atomic mass is 10.2. The van der Waals surface area contributed by atoms with E-state index in [2.05, 4.69) is 9.88 Å². The highest BCUT2D eigenvalue weighted by atomic mass is 35.5. The van der Waals surface area contributed by atoms with Crippen molar-refractivity contribution < 1.29 is 18.3 Å². The van der Waals surface area contributed by atoms with Gasteiger partial charge in [0.2, 0.25) is 0 Å². The highest BCUT2D eigenvalue weighted by molar-refractivity contribution is 7.98. The summed E-state index contributed by atoms with van der Waals surface area (Å²) in [6.07, 6.45) is 1.92. The first-order valence-corrected chi connectivity index (χ1v) is 11.6. The quantitative estimate of drug-likeness (QED) is 0.474. The Labute approximate surface area is 193 Å². The van der Waals surface area contributed by atoms with Crippen LogP contribution in [0.25, 0.3) is 10.2 Å². The number of rotatable bonds is 6. The van der Waals surface area contributed by atoms with Crippen molar-refractivity contribution in [1.29, 1.82) is 0 Å². The molecule has 10 heteroatoms. The minimum Gasteiger partial charge on any atom is -0.379 e. The predicted molar refractivity (Wildman–Crippen MR) is 124 cm³/mol. The lowest BCUT2D eigenvalue weighted by Crippen LogP contribution is -2.43. The second kappa shape index (κ2) is 10.7. The Bertz CT molecular complexity index is 1060. The van der Waals surface area contributed by atoms with Crippen molar-refractivity contribution in [3.63, 3.8) is 0 Å². The maximum Gasteiger partial charge on any atom is 0.261 e. The second-order valence-corrected chi connectivity index (χ2v) is 8.70. The minimum atomic E-state index is -0.724. The van der Waals surface area contributed by atoms with E-state index in [1.807, 2.05) is 24.5 Å². The monoisotopic (exact) mass is 485 g/mol. The first kappa shape index (κ1) is 23.9. The number of thioether (sulfide) groups is 1. The molecular formula is C21H22ClF2N3O2S2. The van der Waals surface area contributed by atoms with Crippen LogP contribution in [0.1, 0.15) is 10.4 Å². The molecule has 0 saturated carbocycles. The molecule has 5 nitrogen and oxygen atoms in total. The average molecular weight is 486 g/mol. The first-order chi connectivity index (χ1) is 14.6. The predicted octanol–water partition coefficient (Wildman–Crippen LogP) is 4.70. The Kier molecular flexibility index (Phi) is 8.23. The Morgan fingerprint density at radius 2 is 2.00 bits per heavy atom. The van der Waals surface area contributed by atoms with Crippen LogP contribution in [0.3, 0.4) is 0 Å². The van der Waals surface area contributed by atoms with Crippen molar-refractivity contribution in [2.75, 3.05) is 50.5 Å². The number of nitrogens with zero attached hydrogens (tertiary/aromatic N) is 3. The molecule has 2 aromatic carbocycles. The lowest BCUT2D eigenvalue weighted by Gasteiger charge is -2.29. The molecule has 1 aliphatic rings. The van der Waals surface area contributed by atoms with Gasteiger partial charge >= 0.3 is 0 Å². The maximum atomic E-state index is 14.2. The van der Waals surface area contributed by atoms with Crippen LogP contribution in [0.15, 0.2) is 41.3 Å². The molecule has 0 unspecified atom stereocenters. The van der Waals surface area contributed by atoms with E-state index in [0.717, 1.165) is 35.4 Å². The standard InChI is InChI=1S/C21H21F2N3O2S2.ClH/c1-29-17-5-3-2-4-15(17)20(27)26(7-6-25-8-10-28-11-9-25)21-24-19-16(23)12-14(22)13-18(19)30-21;/h2-5,12-13H,6-11H2,1H3;1H. The number of carbonyl (C=O) groups excluding carboxylic acids is 1. The number of hydrogen-bond acceptors (Lipinski definition) is 6. The highest BCUT2D eigenvalue weighted by Gasteiger charge is 2.25. The van der Waals surface area contributed by atoms with Crippen molar-refractivity contribution in [3.05, 3.63) is 53.6 Å². The van der Waals surface area contributed by atoms with E-state index in [1.54, 1.807) is 11.0 Å². The number of halogens is 3. The summed E-state index contributed by atoms with van der Waals surface area (Å²) in [5.41, 5.74) is 0.650. The van der Waals surface area contributed by atoms with Gasteiger partial charge in [-0.2, -0.15) is 0 Å². The second-order valence-electron chi connectivity index (χ2n) is 6.84. The first-order valence-electron chi connectivity index (χ1n) is 9.57. The van der Waals surface area contributed by atoms with Crippen molar-refractivity contribution in [3.8, 4) is 0 Å². The zero-order valence-electron chi connectivity index (χ0n) is 16.8. The van der Waals surface area contributed by atoms with E-state index in [0.29, 0.717) is 41.7 Å². The summed E-state index contributed by atoms with van der Waals surface area (Å²) in [5.74, 6) is -1.58. The number of anilines is 1. The molecule has 4 rings (SSSR count). The number of morpholine rings is 1. The fourth-order valence-corrected chi connectivity index (χ4v) is 5.00. The van der Waals surface area contributed by atoms with Crippen molar-refractivity contribution in [2.24, 2.45) is 0 Å². The van der Waals surface area contributed by atoms with Crippen molar-refractivity contribution >= 4 is 56.8 Å². The van der Waals surface area contributed by atoms with Crippen LogP contribution in [-0.2, 0) is 4.74 Å². The van der Waals surface area contributed by atoms with Gasteiger partial charge in [0, 0.05) is 37.1 Å². The normalized spacial score (nSPS) is 14.4. The molecule has 1 aromatic heterocycles. The molecule has 166 valence electrons. The van der Waals surface area contributed by atoms with Crippen LogP contribution < -0.4 is 4.90 Å². The molecule has 1 amide bonds. The third kappa shape index (κ3) is 5.35. The number of hydrogen-bond donors (Lipinski definition) is 0. The minimum absolute atomic E-state index is 0. The van der Waals surface area contributed by atoms with Gasteiger partial charge in [-0.15, -0.1) is 24.2 Å². The Morgan fingerprint density at radius 1 is 1.26 bits per heavy atom. The van der Waals surface area contributed by atoms with Gasteiger partial charge in [0.1, 0.15) is 11.3 Å². The number of carbonyl (C=O) groups is 1. The van der Waals surface area contributed by atoms with Crippen molar-refractivity contribution in [2.45, 2.75) is 4.90 Å². The zero-order chi connectivity index (χ0) is 21.1. The highest BCUT2D eigenvalue weighted by Crippen LogP contribution is 2.33. The molecule has 2 heterocycles. The number of aromatic nitrogens is 1. The van der Waals surface area contributed by atoms with Crippen LogP contribution in [0.5, 0.6) is 0 Å². The van der Waals surface area contributed by atoms with Gasteiger partial charge in [-0.1, -0.05) is 23.5 Å². The fraction of sp³-hybridized carbons (Fsp3) is 0.333. The molecule has 31 heavy (non-hydrogen) atoms. The van der Waals surface area contributed by atoms with E-state index >= 15 is 0 Å². The average Bonchev–Trinajstić information content (AvgIpc) is 3.18. The number of benzene rings is 2. The Morgan fingerprint density at radius 3 is 2.74 bits per heavy atom. The molecule has 0 bridgehead atoms. The van der Waals surface area contributed by atoms with E-state index in [-0.39, 0.29) is 23.8 Å². The van der Waals surface area contributed by atoms with Gasteiger partial charge in [0.05, 0.1) is 23.5 Å². The van der Waals surface area contributed by atoms with E-state index in [9.17, 15) is 13.6 Å². The number of amides is 1. The Hall–Kier alpha value is -1.78. The van der Waals surface area contributed by atoms with Crippen LogP contribution >= 0.6 is 35.5 Å². The number of fused-ring (bicyclic) bond motifs is 1. The molecule has 0 atom stereocenters. The zero-order valence-corrected chi connectivity index (χ0v) is 19.3. The van der Waals surface area contributed by atoms with Gasteiger partial charge in [-0.3, -0.25) is 14.6 Å². The van der Waals surface area contributed by atoms with Gasteiger partial charge in [0.25, 0.3) is 5.91 Å². The van der Waals surface area contributed by atoms with Crippen molar-refractivity contribution in [1.82, 2.24) is 9.88 Å². The SMILES string of the molecule is CSc1ccccc1C(=O)N(CCN1CCOCC1)c1nc2c(F)cc(F)cc2s1.Cl. The third-order valence-corrected chi connectivity index (χ3v) is 6.78. The number of ether oxygens (including phenoxy) is 1. The molecule has 0 radical (unpaired) electrons. The van der Waals surface area contributed by atoms with Crippen LogP contribution in [0, 0.1) is 11.6 Å².